The number of benzene rings is 1. The summed E-state index contributed by atoms with van der Waals surface area (Å²) in [6, 6.07) is 8.95. The second-order valence-electron chi connectivity index (χ2n) is 3.64. The predicted molar refractivity (Wildman–Crippen MR) is 66.5 cm³/mol. The van der Waals surface area contributed by atoms with E-state index in [1.165, 1.54) is 0 Å². The van der Waals surface area contributed by atoms with Gasteiger partial charge in [-0.05, 0) is 25.1 Å². The summed E-state index contributed by atoms with van der Waals surface area (Å²) in [5, 5.41) is 0. The van der Waals surface area contributed by atoms with E-state index in [0.717, 1.165) is 11.4 Å². The number of anilines is 1. The van der Waals surface area contributed by atoms with Gasteiger partial charge in [-0.1, -0.05) is 0 Å². The maximum atomic E-state index is 5.86. The lowest BCUT2D eigenvalue weighted by atomic mass is 10.3. The smallest absolute Gasteiger partial charge is 0.150 e. The molecule has 0 aliphatic rings. The molecule has 0 unspecified atom stereocenters. The molecule has 0 saturated carbocycles. The quantitative estimate of drug-likeness (QED) is 0.824. The summed E-state index contributed by atoms with van der Waals surface area (Å²) in [7, 11) is 1.60. The average molecular weight is 230 g/mol. The minimum Gasteiger partial charge on any atom is -0.497 e. The van der Waals surface area contributed by atoms with Gasteiger partial charge in [0.25, 0.3) is 0 Å². The van der Waals surface area contributed by atoms with Gasteiger partial charge >= 0.3 is 0 Å². The Morgan fingerprint density at radius 2 is 1.94 bits per heavy atom. The van der Waals surface area contributed by atoms with Crippen LogP contribution in [0.25, 0.3) is 0 Å². The highest BCUT2D eigenvalue weighted by Gasteiger charge is 2.04. The molecule has 1 aromatic heterocycles. The Hall–Kier alpha value is -2.23. The van der Waals surface area contributed by atoms with Gasteiger partial charge in [0, 0.05) is 24.0 Å². The number of aryl methyl sites for hydroxylation is 1. The molecular formula is C13H14N2O2. The van der Waals surface area contributed by atoms with Crippen LogP contribution in [0.3, 0.4) is 0 Å². The van der Waals surface area contributed by atoms with Crippen molar-refractivity contribution in [3.05, 3.63) is 42.2 Å². The summed E-state index contributed by atoms with van der Waals surface area (Å²) in [4.78, 5) is 4.10. The zero-order chi connectivity index (χ0) is 12.3. The summed E-state index contributed by atoms with van der Waals surface area (Å²) in [5.74, 6) is 2.03. The third-order valence-corrected chi connectivity index (χ3v) is 2.31. The number of hydrogen-bond donors (Lipinski definition) is 1. The molecule has 4 nitrogen and oxygen atoms in total. The van der Waals surface area contributed by atoms with E-state index in [9.17, 15) is 0 Å². The molecule has 0 saturated heterocycles. The zero-order valence-electron chi connectivity index (χ0n) is 9.81. The van der Waals surface area contributed by atoms with Crippen molar-refractivity contribution < 1.29 is 9.47 Å². The van der Waals surface area contributed by atoms with Crippen LogP contribution >= 0.6 is 0 Å². The Morgan fingerprint density at radius 1 is 1.12 bits per heavy atom. The molecule has 1 aromatic carbocycles. The highest BCUT2D eigenvalue weighted by Crippen LogP contribution is 2.30. The van der Waals surface area contributed by atoms with Crippen LogP contribution < -0.4 is 15.2 Å². The number of hydrogen-bond acceptors (Lipinski definition) is 4. The molecule has 0 atom stereocenters. The second kappa shape index (κ2) is 4.74. The lowest BCUT2D eigenvalue weighted by molar-refractivity contribution is 0.413. The summed E-state index contributed by atoms with van der Waals surface area (Å²) in [6.45, 7) is 1.91. The molecule has 0 bridgehead atoms. The molecular weight excluding hydrogens is 216 g/mol. The number of nitrogen functional groups attached to an aromatic ring is 1. The molecule has 2 N–H and O–H groups in total. The summed E-state index contributed by atoms with van der Waals surface area (Å²) in [6.07, 6.45) is 1.70. The highest BCUT2D eigenvalue weighted by molar-refractivity contribution is 5.57. The first-order valence-electron chi connectivity index (χ1n) is 5.23. The largest absolute Gasteiger partial charge is 0.497 e. The maximum absolute atomic E-state index is 5.86. The lowest BCUT2D eigenvalue weighted by Gasteiger charge is -2.09. The van der Waals surface area contributed by atoms with Crippen LogP contribution in [0, 0.1) is 6.92 Å². The third kappa shape index (κ3) is 2.66. The van der Waals surface area contributed by atoms with Crippen molar-refractivity contribution in [2.75, 3.05) is 12.8 Å². The Labute approximate surface area is 100 Å². The van der Waals surface area contributed by atoms with Crippen LogP contribution in [-0.4, -0.2) is 12.1 Å². The SMILES string of the molecule is COc1ccc(Oc2ccnc(C)c2)c(N)c1. The van der Waals surface area contributed by atoms with Gasteiger partial charge in [0.05, 0.1) is 12.8 Å². The van der Waals surface area contributed by atoms with Crippen molar-refractivity contribution in [2.24, 2.45) is 0 Å². The van der Waals surface area contributed by atoms with E-state index in [2.05, 4.69) is 4.98 Å². The fourth-order valence-electron chi connectivity index (χ4n) is 1.46. The Bertz CT molecular complexity index is 527. The van der Waals surface area contributed by atoms with Crippen molar-refractivity contribution in [3.63, 3.8) is 0 Å². The Morgan fingerprint density at radius 3 is 2.59 bits per heavy atom. The summed E-state index contributed by atoms with van der Waals surface area (Å²) in [5.41, 5.74) is 7.30. The number of rotatable bonds is 3. The average Bonchev–Trinajstić information content (AvgIpc) is 2.32. The van der Waals surface area contributed by atoms with Crippen molar-refractivity contribution >= 4 is 5.69 Å². The maximum Gasteiger partial charge on any atom is 0.150 e. The normalized spacial score (nSPS) is 10.0. The number of aromatic nitrogens is 1. The summed E-state index contributed by atoms with van der Waals surface area (Å²) >= 11 is 0. The van der Waals surface area contributed by atoms with Gasteiger partial charge in [0.1, 0.15) is 11.5 Å². The molecule has 0 radical (unpaired) electrons. The minimum atomic E-state index is 0.541. The van der Waals surface area contributed by atoms with Crippen LogP contribution in [0.15, 0.2) is 36.5 Å². The fourth-order valence-corrected chi connectivity index (χ4v) is 1.46. The molecule has 0 spiro atoms. The van der Waals surface area contributed by atoms with Gasteiger partial charge < -0.3 is 15.2 Å². The van der Waals surface area contributed by atoms with Crippen molar-refractivity contribution in [1.29, 1.82) is 0 Å². The van der Waals surface area contributed by atoms with E-state index in [0.29, 0.717) is 17.2 Å². The molecule has 0 aliphatic carbocycles. The second-order valence-corrected chi connectivity index (χ2v) is 3.64. The molecule has 0 fully saturated rings. The van der Waals surface area contributed by atoms with Crippen LogP contribution in [0.1, 0.15) is 5.69 Å². The van der Waals surface area contributed by atoms with Gasteiger partial charge in [-0.25, -0.2) is 0 Å². The standard InChI is InChI=1S/C13H14N2O2/c1-9-7-11(5-6-15-9)17-13-4-3-10(16-2)8-12(13)14/h3-8H,14H2,1-2H3. The first-order chi connectivity index (χ1) is 8.19. The fraction of sp³-hybridized carbons (Fsp3) is 0.154. The molecule has 0 aliphatic heterocycles. The number of nitrogens with zero attached hydrogens (tertiary/aromatic N) is 1. The van der Waals surface area contributed by atoms with E-state index in [1.807, 2.05) is 13.0 Å². The van der Waals surface area contributed by atoms with E-state index < -0.39 is 0 Å². The summed E-state index contributed by atoms with van der Waals surface area (Å²) < 4.78 is 10.7. The number of pyridine rings is 1. The molecule has 2 rings (SSSR count). The molecule has 0 amide bonds. The Balaban J connectivity index is 2.24. The zero-order valence-corrected chi connectivity index (χ0v) is 9.81. The first kappa shape index (κ1) is 11.3. The molecule has 1 heterocycles. The molecule has 2 aromatic rings. The van der Waals surface area contributed by atoms with Crippen molar-refractivity contribution in [2.45, 2.75) is 6.92 Å². The van der Waals surface area contributed by atoms with Gasteiger partial charge in [-0.2, -0.15) is 0 Å². The van der Waals surface area contributed by atoms with E-state index in [-0.39, 0.29) is 0 Å². The minimum absolute atomic E-state index is 0.541. The van der Waals surface area contributed by atoms with Crippen LogP contribution in [0.4, 0.5) is 5.69 Å². The van der Waals surface area contributed by atoms with Gasteiger partial charge in [-0.15, -0.1) is 0 Å². The van der Waals surface area contributed by atoms with Gasteiger partial charge in [0.2, 0.25) is 0 Å². The molecule has 17 heavy (non-hydrogen) atoms. The van der Waals surface area contributed by atoms with Gasteiger partial charge in [0.15, 0.2) is 5.75 Å². The first-order valence-corrected chi connectivity index (χ1v) is 5.23. The molecule has 88 valence electrons. The van der Waals surface area contributed by atoms with Crippen molar-refractivity contribution in [1.82, 2.24) is 4.98 Å². The number of methoxy groups -OCH3 is 1. The predicted octanol–water partition coefficient (Wildman–Crippen LogP) is 2.77. The number of nitrogens with two attached hydrogens (primary N) is 1. The van der Waals surface area contributed by atoms with Gasteiger partial charge in [-0.3, -0.25) is 4.98 Å². The van der Waals surface area contributed by atoms with E-state index in [1.54, 1.807) is 37.6 Å². The third-order valence-electron chi connectivity index (χ3n) is 2.31. The van der Waals surface area contributed by atoms with Crippen LogP contribution in [-0.2, 0) is 0 Å². The topological polar surface area (TPSA) is 57.4 Å². The highest BCUT2D eigenvalue weighted by atomic mass is 16.5. The monoisotopic (exact) mass is 230 g/mol. The van der Waals surface area contributed by atoms with E-state index in [4.69, 9.17) is 15.2 Å². The Kier molecular flexibility index (Phi) is 3.14. The van der Waals surface area contributed by atoms with Crippen molar-refractivity contribution in [3.8, 4) is 17.2 Å². The van der Waals surface area contributed by atoms with Crippen LogP contribution in [0.5, 0.6) is 17.2 Å². The number of ether oxygens (including phenoxy) is 2. The van der Waals surface area contributed by atoms with Crippen LogP contribution in [0.2, 0.25) is 0 Å². The molecule has 4 heteroatoms. The lowest BCUT2D eigenvalue weighted by Crippen LogP contribution is -1.94. The van der Waals surface area contributed by atoms with E-state index >= 15 is 0 Å².